The molecule has 0 radical (unpaired) electrons. The molecule has 1 aliphatic heterocycles. The van der Waals surface area contributed by atoms with Gasteiger partial charge in [0.2, 0.25) is 16.0 Å². The van der Waals surface area contributed by atoms with Crippen LogP contribution in [0.5, 0.6) is 0 Å². The zero-order valence-electron chi connectivity index (χ0n) is 14.9. The topological polar surface area (TPSA) is 91.5 Å². The van der Waals surface area contributed by atoms with Crippen LogP contribution in [0, 0.1) is 5.82 Å². The molecular formula is C19H19FN4O2S. The maximum atomic E-state index is 14.7. The van der Waals surface area contributed by atoms with Gasteiger partial charge in [0.15, 0.2) is 0 Å². The van der Waals surface area contributed by atoms with E-state index in [4.69, 9.17) is 5.73 Å². The van der Waals surface area contributed by atoms with Gasteiger partial charge in [-0.1, -0.05) is 18.2 Å². The largest absolute Gasteiger partial charge is 0.369 e. The summed E-state index contributed by atoms with van der Waals surface area (Å²) in [5, 5.41) is 1.04. The number of para-hydroxylation sites is 1. The van der Waals surface area contributed by atoms with Gasteiger partial charge in [-0.25, -0.2) is 22.1 Å². The fraction of sp³-hybridized carbons (Fsp3) is 0.211. The maximum Gasteiger partial charge on any atom is 0.239 e. The summed E-state index contributed by atoms with van der Waals surface area (Å²) >= 11 is 0. The summed E-state index contributed by atoms with van der Waals surface area (Å²) in [7, 11) is -2.34. The van der Waals surface area contributed by atoms with Gasteiger partial charge in [0.05, 0.1) is 5.75 Å². The van der Waals surface area contributed by atoms with E-state index in [-0.39, 0.29) is 17.3 Å². The van der Waals surface area contributed by atoms with Crippen molar-refractivity contribution in [3.8, 4) is 11.3 Å². The fourth-order valence-corrected chi connectivity index (χ4v) is 4.87. The number of hydrogen-bond acceptors (Lipinski definition) is 4. The number of nitrogens with two attached hydrogens (primary N) is 1. The van der Waals surface area contributed by atoms with Crippen molar-refractivity contribution in [1.82, 2.24) is 9.29 Å². The number of nitrogens with zero attached hydrogens (tertiary/aromatic N) is 2. The number of nitrogens with one attached hydrogen (secondary N) is 1. The summed E-state index contributed by atoms with van der Waals surface area (Å²) in [6, 6.07) is 14.4. The van der Waals surface area contributed by atoms with Gasteiger partial charge >= 0.3 is 0 Å². The van der Waals surface area contributed by atoms with Crippen molar-refractivity contribution in [3.05, 3.63) is 59.9 Å². The number of aromatic nitrogens is 1. The molecule has 1 aliphatic rings. The molecule has 0 fully saturated rings. The predicted molar refractivity (Wildman–Crippen MR) is 104 cm³/mol. The molecule has 140 valence electrons. The summed E-state index contributed by atoms with van der Waals surface area (Å²) < 4.78 is 40.4. The first-order valence-electron chi connectivity index (χ1n) is 8.40. The van der Waals surface area contributed by atoms with Gasteiger partial charge in [0, 0.05) is 29.2 Å². The Balaban J connectivity index is 1.86. The standard InChI is InChI=1S/C19H19FN4O2S/c1-19(11-27(25,26)24(2)18(21)23-19)14-9-13(7-8-15(14)20)17-10-12-5-3-4-6-16(12)22-17/h3-10,22H,11H2,1-2H3,(H2,21,23)/t19-/m0/s1. The van der Waals surface area contributed by atoms with Gasteiger partial charge in [-0.2, -0.15) is 0 Å². The second-order valence-corrected chi connectivity index (χ2v) is 8.93. The number of hydrogen-bond donors (Lipinski definition) is 2. The number of halogens is 1. The lowest BCUT2D eigenvalue weighted by atomic mass is 9.92. The van der Waals surface area contributed by atoms with E-state index in [1.54, 1.807) is 19.1 Å². The van der Waals surface area contributed by atoms with Crippen molar-refractivity contribution >= 4 is 26.9 Å². The number of aromatic amines is 1. The van der Waals surface area contributed by atoms with Crippen LogP contribution >= 0.6 is 0 Å². The molecule has 8 heteroatoms. The number of sulfonamides is 1. The third-order valence-corrected chi connectivity index (χ3v) is 6.90. The summed E-state index contributed by atoms with van der Waals surface area (Å²) in [5.74, 6) is -1.03. The Morgan fingerprint density at radius 1 is 1.22 bits per heavy atom. The summed E-state index contributed by atoms with van der Waals surface area (Å²) in [4.78, 5) is 7.59. The fourth-order valence-electron chi connectivity index (χ4n) is 3.42. The Kier molecular flexibility index (Phi) is 3.78. The highest BCUT2D eigenvalue weighted by atomic mass is 32.2. The number of aliphatic imine (C=N–C) groups is 1. The number of guanidine groups is 1. The van der Waals surface area contributed by atoms with Gasteiger partial charge in [-0.05, 0) is 42.8 Å². The van der Waals surface area contributed by atoms with Crippen molar-refractivity contribution < 1.29 is 12.8 Å². The van der Waals surface area contributed by atoms with E-state index in [0.717, 1.165) is 26.5 Å². The van der Waals surface area contributed by atoms with Crippen LogP contribution in [-0.2, 0) is 15.6 Å². The Labute approximate surface area is 156 Å². The van der Waals surface area contributed by atoms with Gasteiger partial charge in [0.25, 0.3) is 0 Å². The van der Waals surface area contributed by atoms with E-state index in [1.807, 2.05) is 30.3 Å². The van der Waals surface area contributed by atoms with Crippen LogP contribution in [0.1, 0.15) is 12.5 Å². The summed E-state index contributed by atoms with van der Waals surface area (Å²) in [5.41, 5.74) is 7.20. The van der Waals surface area contributed by atoms with Crippen LogP contribution < -0.4 is 5.73 Å². The number of H-pyrrole nitrogens is 1. The van der Waals surface area contributed by atoms with Crippen molar-refractivity contribution in [1.29, 1.82) is 0 Å². The van der Waals surface area contributed by atoms with Gasteiger partial charge in [-0.3, -0.25) is 0 Å². The lowest BCUT2D eigenvalue weighted by Gasteiger charge is -2.34. The highest BCUT2D eigenvalue weighted by Gasteiger charge is 2.41. The van der Waals surface area contributed by atoms with Crippen molar-refractivity contribution in [2.45, 2.75) is 12.5 Å². The molecule has 27 heavy (non-hydrogen) atoms. The minimum Gasteiger partial charge on any atom is -0.369 e. The molecule has 0 amide bonds. The molecule has 0 bridgehead atoms. The third-order valence-electron chi connectivity index (χ3n) is 4.95. The maximum absolute atomic E-state index is 14.7. The predicted octanol–water partition coefficient (Wildman–Crippen LogP) is 2.78. The Morgan fingerprint density at radius 3 is 2.67 bits per heavy atom. The minimum atomic E-state index is -3.68. The average molecular weight is 386 g/mol. The van der Waals surface area contributed by atoms with E-state index >= 15 is 0 Å². The van der Waals surface area contributed by atoms with Gasteiger partial charge in [-0.15, -0.1) is 0 Å². The molecule has 2 heterocycles. The molecule has 3 aromatic rings. The van der Waals surface area contributed by atoms with Crippen LogP contribution in [-0.4, -0.2) is 36.5 Å². The molecule has 1 aromatic heterocycles. The second-order valence-electron chi connectivity index (χ2n) is 6.93. The Bertz CT molecular complexity index is 1150. The molecule has 6 nitrogen and oxygen atoms in total. The Hall–Kier alpha value is -2.87. The Morgan fingerprint density at radius 2 is 1.96 bits per heavy atom. The molecule has 0 unspecified atom stereocenters. The van der Waals surface area contributed by atoms with Gasteiger partial charge in [0.1, 0.15) is 11.4 Å². The molecule has 0 saturated carbocycles. The number of rotatable bonds is 2. The first-order valence-corrected chi connectivity index (χ1v) is 10.0. The second kappa shape index (κ2) is 5.82. The molecule has 0 saturated heterocycles. The van der Waals surface area contributed by atoms with E-state index in [9.17, 15) is 12.8 Å². The molecule has 0 aliphatic carbocycles. The lowest BCUT2D eigenvalue weighted by Crippen LogP contribution is -2.50. The highest BCUT2D eigenvalue weighted by molar-refractivity contribution is 7.89. The first kappa shape index (κ1) is 17.5. The average Bonchev–Trinajstić information content (AvgIpc) is 3.03. The van der Waals surface area contributed by atoms with Crippen molar-refractivity contribution in [2.24, 2.45) is 10.7 Å². The van der Waals surface area contributed by atoms with Crippen LogP contribution in [0.2, 0.25) is 0 Å². The van der Waals surface area contributed by atoms with Crippen LogP contribution in [0.25, 0.3) is 22.2 Å². The van der Waals surface area contributed by atoms with E-state index < -0.39 is 21.4 Å². The number of fused-ring (bicyclic) bond motifs is 1. The SMILES string of the molecule is CN1C(N)=N[C@](C)(c2cc(-c3cc4ccccc4[nH]3)ccc2F)CS1(=O)=O. The monoisotopic (exact) mass is 386 g/mol. The van der Waals surface area contributed by atoms with E-state index in [0.29, 0.717) is 0 Å². The van der Waals surface area contributed by atoms with Crippen LogP contribution in [0.3, 0.4) is 0 Å². The van der Waals surface area contributed by atoms with Gasteiger partial charge < -0.3 is 10.7 Å². The zero-order valence-corrected chi connectivity index (χ0v) is 15.7. The summed E-state index contributed by atoms with van der Waals surface area (Å²) in [6.07, 6.45) is 0. The lowest BCUT2D eigenvalue weighted by molar-refractivity contribution is 0.458. The van der Waals surface area contributed by atoms with E-state index in [1.165, 1.54) is 13.1 Å². The van der Waals surface area contributed by atoms with E-state index in [2.05, 4.69) is 9.98 Å². The summed E-state index contributed by atoms with van der Waals surface area (Å²) in [6.45, 7) is 1.58. The molecule has 1 atom stereocenters. The number of benzene rings is 2. The highest BCUT2D eigenvalue weighted by Crippen LogP contribution is 2.36. The third kappa shape index (κ3) is 2.86. The quantitative estimate of drug-likeness (QED) is 0.709. The van der Waals surface area contributed by atoms with Crippen molar-refractivity contribution in [2.75, 3.05) is 12.8 Å². The molecular weight excluding hydrogens is 367 g/mol. The smallest absolute Gasteiger partial charge is 0.239 e. The molecule has 0 spiro atoms. The normalized spacial score (nSPS) is 22.0. The molecule has 4 rings (SSSR count). The van der Waals surface area contributed by atoms with Crippen LogP contribution in [0.15, 0.2) is 53.5 Å². The zero-order chi connectivity index (χ0) is 19.4. The molecule has 3 N–H and O–H groups in total. The molecule has 2 aromatic carbocycles. The van der Waals surface area contributed by atoms with Crippen LogP contribution in [0.4, 0.5) is 4.39 Å². The van der Waals surface area contributed by atoms with Crippen molar-refractivity contribution in [3.63, 3.8) is 0 Å². The first-order chi connectivity index (χ1) is 12.7. The minimum absolute atomic E-state index is 0.154.